The number of anilines is 3. The molecule has 0 saturated carbocycles. The number of fused-ring (bicyclic) bond motifs is 7. The van der Waals surface area contributed by atoms with E-state index in [2.05, 4.69) is 144 Å². The van der Waals surface area contributed by atoms with Crippen molar-refractivity contribution in [2.24, 2.45) is 0 Å². The minimum Gasteiger partial charge on any atom is -0.459 e. The molecule has 3 nitrogen and oxygen atoms in total. The van der Waals surface area contributed by atoms with Gasteiger partial charge < -0.3 is 14.6 Å². The largest absolute Gasteiger partial charge is 0.459 e. The van der Waals surface area contributed by atoms with Gasteiger partial charge in [0.25, 0.3) is 0 Å². The maximum atomic E-state index is 6.22. The molecule has 0 bridgehead atoms. The van der Waals surface area contributed by atoms with Crippen LogP contribution in [-0.4, -0.2) is 0 Å². The summed E-state index contributed by atoms with van der Waals surface area (Å²) >= 11 is 1.86. The van der Waals surface area contributed by atoms with Gasteiger partial charge in [-0.3, -0.25) is 0 Å². The van der Waals surface area contributed by atoms with E-state index in [-0.39, 0.29) is 0 Å². The molecule has 3 heterocycles. The van der Waals surface area contributed by atoms with Crippen LogP contribution in [0.2, 0.25) is 0 Å². The highest BCUT2D eigenvalue weighted by Gasteiger charge is 2.21. The van der Waals surface area contributed by atoms with Gasteiger partial charge in [-0.2, -0.15) is 0 Å². The molecule has 0 spiro atoms. The normalized spacial score (nSPS) is 12.7. The molecule has 0 fully saturated rings. The molecule has 2 aromatic heterocycles. The smallest absolute Gasteiger partial charge is 0.135 e. The van der Waals surface area contributed by atoms with Crippen molar-refractivity contribution in [2.75, 3.05) is 4.90 Å². The number of rotatable bonds is 4. The topological polar surface area (TPSA) is 28.4 Å². The van der Waals surface area contributed by atoms with Crippen molar-refractivity contribution in [3.63, 3.8) is 0 Å². The van der Waals surface area contributed by atoms with Crippen LogP contribution in [0.15, 0.2) is 138 Å². The van der Waals surface area contributed by atoms with Gasteiger partial charge in [0.05, 0.1) is 16.9 Å². The first-order valence-electron chi connectivity index (χ1n) is 14.6. The third-order valence-corrected chi connectivity index (χ3v) is 9.74. The van der Waals surface area contributed by atoms with Crippen molar-refractivity contribution in [3.05, 3.63) is 145 Å². The summed E-state index contributed by atoms with van der Waals surface area (Å²) in [6, 6.07) is 46.1. The Hall–Kier alpha value is -5.32. The first-order chi connectivity index (χ1) is 21.3. The summed E-state index contributed by atoms with van der Waals surface area (Å²) in [5.74, 6) is 0.979. The molecule has 0 atom stereocenters. The standard InChI is InChI=1S/C39H26N2OS/c1-2-9-29-25(7-1)8-5-11-30(29)26-15-17-27(18-16-26)41(28-19-20-36-34(23-28)31-21-22-40-24-37(31)42-36)35-13-6-12-33-32-10-3-4-14-38(32)43-39(33)35/h1-23,40H,24H2. The van der Waals surface area contributed by atoms with Gasteiger partial charge in [-0.05, 0) is 76.6 Å². The highest BCUT2D eigenvalue weighted by atomic mass is 32.1. The summed E-state index contributed by atoms with van der Waals surface area (Å²) < 4.78 is 8.79. The van der Waals surface area contributed by atoms with Crippen molar-refractivity contribution in [1.29, 1.82) is 0 Å². The molecule has 8 aromatic rings. The van der Waals surface area contributed by atoms with E-state index in [0.29, 0.717) is 6.54 Å². The van der Waals surface area contributed by atoms with Crippen LogP contribution in [-0.2, 0) is 6.54 Å². The van der Waals surface area contributed by atoms with Crippen LogP contribution in [0.5, 0.6) is 0 Å². The average Bonchev–Trinajstić information content (AvgIpc) is 3.64. The van der Waals surface area contributed by atoms with Gasteiger partial charge in [-0.25, -0.2) is 0 Å². The van der Waals surface area contributed by atoms with Crippen molar-refractivity contribution in [1.82, 2.24) is 5.32 Å². The molecule has 204 valence electrons. The fourth-order valence-electron chi connectivity index (χ4n) is 6.51. The Morgan fingerprint density at radius 1 is 0.651 bits per heavy atom. The maximum absolute atomic E-state index is 6.22. The van der Waals surface area contributed by atoms with Crippen LogP contribution >= 0.6 is 11.3 Å². The van der Waals surface area contributed by atoms with Crippen LogP contribution in [0.25, 0.3) is 59.1 Å². The molecule has 9 rings (SSSR count). The minimum absolute atomic E-state index is 0.705. The highest BCUT2D eigenvalue weighted by molar-refractivity contribution is 7.26. The van der Waals surface area contributed by atoms with E-state index >= 15 is 0 Å². The second-order valence-corrected chi connectivity index (χ2v) is 12.0. The van der Waals surface area contributed by atoms with Gasteiger partial charge in [0.15, 0.2) is 0 Å². The zero-order valence-electron chi connectivity index (χ0n) is 23.2. The van der Waals surface area contributed by atoms with Gasteiger partial charge >= 0.3 is 0 Å². The second-order valence-electron chi connectivity index (χ2n) is 11.0. The molecular formula is C39H26N2OS. The van der Waals surface area contributed by atoms with E-state index in [1.807, 2.05) is 17.5 Å². The van der Waals surface area contributed by atoms with Gasteiger partial charge in [-0.15, -0.1) is 11.3 Å². The van der Waals surface area contributed by atoms with E-state index in [4.69, 9.17) is 4.42 Å². The number of hydrogen-bond acceptors (Lipinski definition) is 4. The molecule has 4 heteroatoms. The quantitative estimate of drug-likeness (QED) is 0.228. The lowest BCUT2D eigenvalue weighted by Crippen LogP contribution is -2.10. The van der Waals surface area contributed by atoms with E-state index in [1.54, 1.807) is 0 Å². The van der Waals surface area contributed by atoms with Crippen molar-refractivity contribution in [3.8, 4) is 11.1 Å². The van der Waals surface area contributed by atoms with Crippen LogP contribution in [0.4, 0.5) is 17.1 Å². The number of hydrogen-bond donors (Lipinski definition) is 1. The SMILES string of the molecule is C1=Cc2c(oc3ccc(N(c4ccc(-c5cccc6ccccc56)cc4)c4cccc5c4sc4ccccc45)cc23)CN1. The Labute approximate surface area is 252 Å². The fourth-order valence-corrected chi connectivity index (χ4v) is 7.71. The predicted molar refractivity (Wildman–Crippen MR) is 183 cm³/mol. The summed E-state index contributed by atoms with van der Waals surface area (Å²) in [6.45, 7) is 0.705. The average molecular weight is 571 g/mol. The molecule has 0 saturated heterocycles. The van der Waals surface area contributed by atoms with E-state index in [9.17, 15) is 0 Å². The van der Waals surface area contributed by atoms with E-state index in [0.717, 1.165) is 33.7 Å². The molecule has 43 heavy (non-hydrogen) atoms. The van der Waals surface area contributed by atoms with Gasteiger partial charge in [-0.1, -0.05) is 84.9 Å². The van der Waals surface area contributed by atoms with Crippen LogP contribution < -0.4 is 10.2 Å². The Kier molecular flexibility index (Phi) is 5.43. The summed E-state index contributed by atoms with van der Waals surface area (Å²) in [5, 5.41) is 9.50. The molecule has 6 aromatic carbocycles. The summed E-state index contributed by atoms with van der Waals surface area (Å²) in [4.78, 5) is 2.40. The number of nitrogens with one attached hydrogen (secondary N) is 1. The summed E-state index contributed by atoms with van der Waals surface area (Å²) in [5.41, 5.74) is 7.90. The third kappa shape index (κ3) is 3.88. The molecular weight excluding hydrogens is 545 g/mol. The first-order valence-corrected chi connectivity index (χ1v) is 15.4. The lowest BCUT2D eigenvalue weighted by atomic mass is 9.98. The van der Waals surface area contributed by atoms with Crippen molar-refractivity contribution < 1.29 is 4.42 Å². The minimum atomic E-state index is 0.705. The molecule has 1 aliphatic heterocycles. The maximum Gasteiger partial charge on any atom is 0.135 e. The van der Waals surface area contributed by atoms with E-state index in [1.165, 1.54) is 47.8 Å². The predicted octanol–water partition coefficient (Wildman–Crippen LogP) is 11.2. The van der Waals surface area contributed by atoms with Crippen LogP contribution in [0.3, 0.4) is 0 Å². The Morgan fingerprint density at radius 3 is 2.35 bits per heavy atom. The monoisotopic (exact) mass is 570 g/mol. The van der Waals surface area contributed by atoms with Gasteiger partial charge in [0, 0.05) is 37.8 Å². The van der Waals surface area contributed by atoms with Crippen LogP contribution in [0, 0.1) is 0 Å². The number of furan rings is 1. The Bertz CT molecular complexity index is 2350. The Balaban J connectivity index is 1.25. The van der Waals surface area contributed by atoms with Crippen molar-refractivity contribution >= 4 is 76.4 Å². The number of thiophene rings is 1. The lowest BCUT2D eigenvalue weighted by Gasteiger charge is -2.26. The van der Waals surface area contributed by atoms with Gasteiger partial charge in [0.1, 0.15) is 11.3 Å². The zero-order valence-corrected chi connectivity index (χ0v) is 24.1. The summed E-state index contributed by atoms with van der Waals surface area (Å²) in [6.07, 6.45) is 4.12. The highest BCUT2D eigenvalue weighted by Crippen LogP contribution is 2.46. The fraction of sp³-hybridized carbons (Fsp3) is 0.0256. The Morgan fingerprint density at radius 2 is 1.42 bits per heavy atom. The van der Waals surface area contributed by atoms with Crippen LogP contribution in [0.1, 0.15) is 11.3 Å². The molecule has 0 radical (unpaired) electrons. The molecule has 0 unspecified atom stereocenters. The lowest BCUT2D eigenvalue weighted by molar-refractivity contribution is 0.532. The molecule has 1 aliphatic rings. The molecule has 0 aliphatic carbocycles. The molecule has 1 N–H and O–H groups in total. The molecule has 0 amide bonds. The van der Waals surface area contributed by atoms with Crippen molar-refractivity contribution in [2.45, 2.75) is 6.54 Å². The summed E-state index contributed by atoms with van der Waals surface area (Å²) in [7, 11) is 0. The second kappa shape index (κ2) is 9.62. The number of nitrogens with zero attached hydrogens (tertiary/aromatic N) is 1. The zero-order chi connectivity index (χ0) is 28.3. The number of benzene rings is 6. The third-order valence-electron chi connectivity index (χ3n) is 8.53. The van der Waals surface area contributed by atoms with E-state index < -0.39 is 0 Å². The first kappa shape index (κ1) is 24.3. The van der Waals surface area contributed by atoms with Gasteiger partial charge in [0.2, 0.25) is 0 Å².